The zero-order valence-electron chi connectivity index (χ0n) is 12.2. The molecule has 0 saturated heterocycles. The van der Waals surface area contributed by atoms with Crippen LogP contribution < -0.4 is 5.43 Å². The Morgan fingerprint density at radius 1 is 1.14 bits per heavy atom. The van der Waals surface area contributed by atoms with Gasteiger partial charge < -0.3 is 9.67 Å². The smallest absolute Gasteiger partial charge is 0.223 e. The molecule has 0 aliphatic carbocycles. The molecule has 0 fully saturated rings. The van der Waals surface area contributed by atoms with E-state index in [1.807, 2.05) is 4.57 Å². The molecule has 4 nitrogen and oxygen atoms in total. The maximum absolute atomic E-state index is 11.5. The van der Waals surface area contributed by atoms with E-state index in [1.54, 1.807) is 12.3 Å². The molecule has 1 N–H and O–H groups in total. The summed E-state index contributed by atoms with van der Waals surface area (Å²) < 4.78 is 1.97. The van der Waals surface area contributed by atoms with Gasteiger partial charge in [0.25, 0.3) is 0 Å². The van der Waals surface area contributed by atoms with E-state index in [0.29, 0.717) is 0 Å². The Morgan fingerprint density at radius 2 is 1.86 bits per heavy atom. The van der Waals surface area contributed by atoms with Crippen LogP contribution in [-0.4, -0.2) is 21.1 Å². The van der Waals surface area contributed by atoms with Crippen LogP contribution in [0.3, 0.4) is 0 Å². The molecule has 3 rings (SSSR count). The molecule has 4 heteroatoms. The molecule has 0 bridgehead atoms. The first-order valence-electron chi connectivity index (χ1n) is 7.38. The highest BCUT2D eigenvalue weighted by molar-refractivity contribution is 5.24. The number of nitrogens with zero attached hydrogens (tertiary/aromatic N) is 2. The first kappa shape index (κ1) is 13.9. The highest BCUT2D eigenvalue weighted by Crippen LogP contribution is 2.16. The highest BCUT2D eigenvalue weighted by atomic mass is 16.3. The quantitative estimate of drug-likeness (QED) is 0.939. The molecule has 2 heterocycles. The number of pyridine rings is 1. The fourth-order valence-electron chi connectivity index (χ4n) is 2.78. The number of benzene rings is 1. The number of fused-ring (bicyclic) bond motifs is 1. The largest absolute Gasteiger partial charge is 0.503 e. The van der Waals surface area contributed by atoms with Gasteiger partial charge in [0.2, 0.25) is 5.43 Å². The second kappa shape index (κ2) is 5.74. The summed E-state index contributed by atoms with van der Waals surface area (Å²) in [5, 5.41) is 9.48. The van der Waals surface area contributed by atoms with Crippen molar-refractivity contribution in [2.75, 3.05) is 6.54 Å². The molecule has 1 aromatic heterocycles. The van der Waals surface area contributed by atoms with Crippen molar-refractivity contribution in [3.8, 4) is 5.75 Å². The van der Waals surface area contributed by atoms with E-state index in [4.69, 9.17) is 0 Å². The molecule has 110 valence electrons. The average Bonchev–Trinajstić information content (AvgIpc) is 2.49. The van der Waals surface area contributed by atoms with E-state index >= 15 is 0 Å². The van der Waals surface area contributed by atoms with Crippen LogP contribution in [0.25, 0.3) is 0 Å². The SMILES string of the molecule is CCc1ccc(CN2CCn3cc(O)c(=O)cc3C2)cc1. The van der Waals surface area contributed by atoms with Gasteiger partial charge in [-0.3, -0.25) is 9.69 Å². The molecule has 1 aliphatic rings. The minimum Gasteiger partial charge on any atom is -0.503 e. The normalized spacial score (nSPS) is 14.9. The molecule has 1 aliphatic heterocycles. The topological polar surface area (TPSA) is 45.5 Å². The van der Waals surface area contributed by atoms with Crippen molar-refractivity contribution in [3.63, 3.8) is 0 Å². The zero-order valence-corrected chi connectivity index (χ0v) is 12.2. The number of aryl methyl sites for hydroxylation is 1. The molecule has 0 atom stereocenters. The molecule has 21 heavy (non-hydrogen) atoms. The Labute approximate surface area is 124 Å². The van der Waals surface area contributed by atoms with Crippen molar-refractivity contribution >= 4 is 0 Å². The third-order valence-corrected chi connectivity index (χ3v) is 4.08. The van der Waals surface area contributed by atoms with Crippen LogP contribution in [-0.2, 0) is 26.1 Å². The predicted molar refractivity (Wildman–Crippen MR) is 82.3 cm³/mol. The van der Waals surface area contributed by atoms with Crippen molar-refractivity contribution in [1.82, 2.24) is 9.47 Å². The summed E-state index contributed by atoms with van der Waals surface area (Å²) in [6.45, 7) is 5.51. The lowest BCUT2D eigenvalue weighted by molar-refractivity contribution is 0.210. The molecule has 0 amide bonds. The van der Waals surface area contributed by atoms with Crippen LogP contribution in [0.15, 0.2) is 41.3 Å². The average molecular weight is 284 g/mol. The molecule has 0 spiro atoms. The molecule has 2 aromatic rings. The monoisotopic (exact) mass is 284 g/mol. The number of hydrogen-bond donors (Lipinski definition) is 1. The minimum absolute atomic E-state index is 0.164. The maximum atomic E-state index is 11.5. The van der Waals surface area contributed by atoms with Crippen LogP contribution in [0.1, 0.15) is 23.7 Å². The van der Waals surface area contributed by atoms with E-state index in [0.717, 1.165) is 38.3 Å². The van der Waals surface area contributed by atoms with Gasteiger partial charge in [-0.2, -0.15) is 0 Å². The van der Waals surface area contributed by atoms with Crippen molar-refractivity contribution in [1.29, 1.82) is 0 Å². The van der Waals surface area contributed by atoms with Gasteiger partial charge in [0.05, 0.1) is 6.20 Å². The maximum Gasteiger partial charge on any atom is 0.223 e. The number of aromatic hydroxyl groups is 1. The summed E-state index contributed by atoms with van der Waals surface area (Å²) in [7, 11) is 0. The number of hydrogen-bond acceptors (Lipinski definition) is 3. The van der Waals surface area contributed by atoms with Gasteiger partial charge in [0, 0.05) is 37.9 Å². The zero-order chi connectivity index (χ0) is 14.8. The Morgan fingerprint density at radius 3 is 2.57 bits per heavy atom. The van der Waals surface area contributed by atoms with Crippen LogP contribution in [0, 0.1) is 0 Å². The fraction of sp³-hybridized carbons (Fsp3) is 0.353. The predicted octanol–water partition coefficient (Wildman–Crippen LogP) is 2.13. The molecule has 0 radical (unpaired) electrons. The van der Waals surface area contributed by atoms with Gasteiger partial charge in [-0.25, -0.2) is 0 Å². The van der Waals surface area contributed by atoms with Gasteiger partial charge in [-0.05, 0) is 17.5 Å². The Hall–Kier alpha value is -2.07. The lowest BCUT2D eigenvalue weighted by Gasteiger charge is -2.30. The van der Waals surface area contributed by atoms with Crippen LogP contribution in [0.2, 0.25) is 0 Å². The van der Waals surface area contributed by atoms with Gasteiger partial charge in [0.15, 0.2) is 5.75 Å². The van der Waals surface area contributed by atoms with Gasteiger partial charge in [-0.15, -0.1) is 0 Å². The molecule has 0 unspecified atom stereocenters. The van der Waals surface area contributed by atoms with Crippen LogP contribution >= 0.6 is 0 Å². The van der Waals surface area contributed by atoms with Crippen molar-refractivity contribution in [2.24, 2.45) is 0 Å². The molecule has 0 saturated carbocycles. The summed E-state index contributed by atoms with van der Waals surface area (Å²) in [5.41, 5.74) is 3.32. The first-order valence-corrected chi connectivity index (χ1v) is 7.38. The second-order valence-electron chi connectivity index (χ2n) is 5.59. The summed E-state index contributed by atoms with van der Waals surface area (Å²) >= 11 is 0. The Bertz CT molecular complexity index is 689. The van der Waals surface area contributed by atoms with Gasteiger partial charge >= 0.3 is 0 Å². The highest BCUT2D eigenvalue weighted by Gasteiger charge is 2.16. The summed E-state index contributed by atoms with van der Waals surface area (Å²) in [6, 6.07) is 10.3. The minimum atomic E-state index is -0.296. The van der Waals surface area contributed by atoms with E-state index in [-0.39, 0.29) is 11.2 Å². The van der Waals surface area contributed by atoms with Crippen LogP contribution in [0.4, 0.5) is 0 Å². The van der Waals surface area contributed by atoms with Crippen molar-refractivity contribution in [2.45, 2.75) is 33.0 Å². The first-order chi connectivity index (χ1) is 10.2. The fourth-order valence-corrected chi connectivity index (χ4v) is 2.78. The summed E-state index contributed by atoms with van der Waals surface area (Å²) in [4.78, 5) is 13.9. The summed E-state index contributed by atoms with van der Waals surface area (Å²) in [5.74, 6) is -0.164. The summed E-state index contributed by atoms with van der Waals surface area (Å²) in [6.07, 6.45) is 2.61. The van der Waals surface area contributed by atoms with Crippen molar-refractivity contribution in [3.05, 3.63) is 63.6 Å². The lowest BCUT2D eigenvalue weighted by Crippen LogP contribution is -2.34. The lowest BCUT2D eigenvalue weighted by atomic mass is 10.1. The third kappa shape index (κ3) is 3.00. The van der Waals surface area contributed by atoms with Crippen LogP contribution in [0.5, 0.6) is 5.75 Å². The van der Waals surface area contributed by atoms with E-state index in [9.17, 15) is 9.90 Å². The van der Waals surface area contributed by atoms with E-state index < -0.39 is 0 Å². The Balaban J connectivity index is 1.73. The third-order valence-electron chi connectivity index (χ3n) is 4.08. The second-order valence-corrected chi connectivity index (χ2v) is 5.59. The van der Waals surface area contributed by atoms with Gasteiger partial charge in [-0.1, -0.05) is 31.2 Å². The van der Waals surface area contributed by atoms with Gasteiger partial charge in [0.1, 0.15) is 0 Å². The standard InChI is InChI=1S/C17H20N2O2/c1-2-13-3-5-14(6-4-13)10-18-7-8-19-12-17(21)16(20)9-15(19)11-18/h3-6,9,12,21H,2,7-8,10-11H2,1H3. The Kier molecular flexibility index (Phi) is 3.80. The number of aromatic nitrogens is 1. The molecule has 1 aromatic carbocycles. The molecular weight excluding hydrogens is 264 g/mol. The molecular formula is C17H20N2O2. The van der Waals surface area contributed by atoms with E-state index in [2.05, 4.69) is 36.1 Å². The van der Waals surface area contributed by atoms with Crippen molar-refractivity contribution < 1.29 is 5.11 Å². The van der Waals surface area contributed by atoms with E-state index in [1.165, 1.54) is 11.1 Å². The number of rotatable bonds is 3.